The van der Waals surface area contributed by atoms with Crippen molar-refractivity contribution in [1.82, 2.24) is 10.3 Å². The van der Waals surface area contributed by atoms with Gasteiger partial charge in [0.1, 0.15) is 0 Å². The number of amides is 1. The Hall–Kier alpha value is -1.74. The van der Waals surface area contributed by atoms with Crippen molar-refractivity contribution in [1.29, 1.82) is 0 Å². The zero-order chi connectivity index (χ0) is 14.5. The summed E-state index contributed by atoms with van der Waals surface area (Å²) in [6.45, 7) is 4.72. The van der Waals surface area contributed by atoms with Crippen molar-refractivity contribution in [3.63, 3.8) is 0 Å². The van der Waals surface area contributed by atoms with Crippen molar-refractivity contribution < 1.29 is 4.79 Å². The lowest BCUT2D eigenvalue weighted by molar-refractivity contribution is -0.120. The lowest BCUT2D eigenvalue weighted by Gasteiger charge is -2.06. The minimum Gasteiger partial charge on any atom is -0.362 e. The van der Waals surface area contributed by atoms with Gasteiger partial charge in [-0.25, -0.2) is 0 Å². The maximum Gasteiger partial charge on any atom is 0.224 e. The Labute approximate surface area is 124 Å². The number of aromatic amines is 1. The van der Waals surface area contributed by atoms with E-state index in [9.17, 15) is 4.79 Å². The quantitative estimate of drug-likeness (QED) is 0.873. The first-order valence-corrected chi connectivity index (χ1v) is 7.09. The highest BCUT2D eigenvalue weighted by atomic mass is 35.5. The van der Waals surface area contributed by atoms with Crippen LogP contribution in [0.15, 0.2) is 30.3 Å². The molecule has 1 amide bonds. The number of aromatic nitrogens is 1. The van der Waals surface area contributed by atoms with Crippen molar-refractivity contribution in [2.75, 3.05) is 6.54 Å². The van der Waals surface area contributed by atoms with Crippen LogP contribution in [0, 0.1) is 13.8 Å². The van der Waals surface area contributed by atoms with Crippen LogP contribution in [0.1, 0.15) is 22.5 Å². The number of carbonyl (C=O) groups is 1. The summed E-state index contributed by atoms with van der Waals surface area (Å²) in [5.41, 5.74) is 4.43. The van der Waals surface area contributed by atoms with Gasteiger partial charge in [-0.2, -0.15) is 0 Å². The molecule has 3 nitrogen and oxygen atoms in total. The summed E-state index contributed by atoms with van der Waals surface area (Å²) >= 11 is 6.04. The molecule has 0 aliphatic rings. The maximum absolute atomic E-state index is 11.9. The minimum absolute atomic E-state index is 0.00279. The Balaban J connectivity index is 1.81. The van der Waals surface area contributed by atoms with E-state index in [4.69, 9.17) is 11.6 Å². The van der Waals surface area contributed by atoms with Crippen LogP contribution in [0.4, 0.5) is 0 Å². The molecule has 2 N–H and O–H groups in total. The summed E-state index contributed by atoms with van der Waals surface area (Å²) in [6.07, 6.45) is 1.16. The summed E-state index contributed by atoms with van der Waals surface area (Å²) in [5, 5.41) is 3.57. The Morgan fingerprint density at radius 2 is 2.00 bits per heavy atom. The third-order valence-corrected chi connectivity index (χ3v) is 3.65. The molecule has 0 saturated carbocycles. The average molecular weight is 291 g/mol. The molecule has 0 fully saturated rings. The van der Waals surface area contributed by atoms with E-state index in [0.717, 1.165) is 17.7 Å². The molecule has 0 aliphatic carbocycles. The Morgan fingerprint density at radius 3 is 2.65 bits per heavy atom. The van der Waals surface area contributed by atoms with Gasteiger partial charge in [0.2, 0.25) is 5.91 Å². The normalized spacial score (nSPS) is 10.6. The Kier molecular flexibility index (Phi) is 4.85. The molecule has 0 aliphatic heterocycles. The van der Waals surface area contributed by atoms with Crippen molar-refractivity contribution in [3.05, 3.63) is 57.9 Å². The van der Waals surface area contributed by atoms with Crippen LogP contribution in [0.3, 0.4) is 0 Å². The lowest BCUT2D eigenvalue weighted by Crippen LogP contribution is -2.27. The fourth-order valence-corrected chi connectivity index (χ4v) is 2.46. The summed E-state index contributed by atoms with van der Waals surface area (Å²) in [4.78, 5) is 15.1. The number of benzene rings is 1. The van der Waals surface area contributed by atoms with E-state index in [1.54, 1.807) is 6.07 Å². The number of carbonyl (C=O) groups excluding carboxylic acids is 1. The minimum atomic E-state index is 0.00279. The van der Waals surface area contributed by atoms with Gasteiger partial charge in [0.05, 0.1) is 6.42 Å². The second-order valence-corrected chi connectivity index (χ2v) is 5.38. The number of halogens is 1. The average Bonchev–Trinajstić information content (AvgIpc) is 2.71. The molecule has 0 spiro atoms. The van der Waals surface area contributed by atoms with Crippen LogP contribution < -0.4 is 5.32 Å². The summed E-state index contributed by atoms with van der Waals surface area (Å²) < 4.78 is 0. The van der Waals surface area contributed by atoms with E-state index < -0.39 is 0 Å². The Morgan fingerprint density at radius 1 is 1.25 bits per heavy atom. The standard InChI is InChI=1S/C16H19ClN2O/c1-11-9-13(12(2)19-11)7-8-18-16(20)10-14-5-3-4-6-15(14)17/h3-6,9,19H,7-8,10H2,1-2H3,(H,18,20). The number of H-pyrrole nitrogens is 1. The van der Waals surface area contributed by atoms with E-state index in [1.807, 2.05) is 32.0 Å². The molecule has 0 unspecified atom stereocenters. The second-order valence-electron chi connectivity index (χ2n) is 4.97. The molecule has 1 aromatic carbocycles. The highest BCUT2D eigenvalue weighted by Gasteiger charge is 2.07. The highest BCUT2D eigenvalue weighted by Crippen LogP contribution is 2.15. The molecule has 0 radical (unpaired) electrons. The largest absolute Gasteiger partial charge is 0.362 e. The molecule has 0 bridgehead atoms. The van der Waals surface area contributed by atoms with E-state index in [0.29, 0.717) is 18.0 Å². The molecule has 2 aromatic rings. The van der Waals surface area contributed by atoms with Gasteiger partial charge < -0.3 is 10.3 Å². The van der Waals surface area contributed by atoms with E-state index in [-0.39, 0.29) is 5.91 Å². The molecule has 4 heteroatoms. The monoisotopic (exact) mass is 290 g/mol. The lowest BCUT2D eigenvalue weighted by atomic mass is 10.1. The summed E-state index contributed by atoms with van der Waals surface area (Å²) in [6, 6.07) is 9.55. The van der Waals surface area contributed by atoms with Crippen molar-refractivity contribution >= 4 is 17.5 Å². The van der Waals surface area contributed by atoms with Crippen LogP contribution in [0.25, 0.3) is 0 Å². The number of aryl methyl sites for hydroxylation is 2. The smallest absolute Gasteiger partial charge is 0.224 e. The molecule has 1 heterocycles. The predicted octanol–water partition coefficient (Wildman–Crippen LogP) is 3.19. The van der Waals surface area contributed by atoms with Gasteiger partial charge in [-0.1, -0.05) is 29.8 Å². The highest BCUT2D eigenvalue weighted by molar-refractivity contribution is 6.31. The number of hydrogen-bond acceptors (Lipinski definition) is 1. The fraction of sp³-hybridized carbons (Fsp3) is 0.312. The van der Waals surface area contributed by atoms with E-state index in [1.165, 1.54) is 11.3 Å². The second kappa shape index (κ2) is 6.62. The van der Waals surface area contributed by atoms with Crippen molar-refractivity contribution in [2.45, 2.75) is 26.7 Å². The SMILES string of the molecule is Cc1cc(CCNC(=O)Cc2ccccc2Cl)c(C)[nH]1. The van der Waals surface area contributed by atoms with E-state index in [2.05, 4.69) is 16.4 Å². The molecule has 20 heavy (non-hydrogen) atoms. The number of rotatable bonds is 5. The zero-order valence-corrected chi connectivity index (χ0v) is 12.6. The van der Waals surface area contributed by atoms with Crippen LogP contribution in [0.2, 0.25) is 5.02 Å². The van der Waals surface area contributed by atoms with Gasteiger partial charge in [-0.3, -0.25) is 4.79 Å². The van der Waals surface area contributed by atoms with Gasteiger partial charge in [-0.15, -0.1) is 0 Å². The first-order chi connectivity index (χ1) is 9.56. The summed E-state index contributed by atoms with van der Waals surface area (Å²) in [5.74, 6) is 0.00279. The predicted molar refractivity (Wildman–Crippen MR) is 82.1 cm³/mol. The van der Waals surface area contributed by atoms with Crippen LogP contribution in [0.5, 0.6) is 0 Å². The third-order valence-electron chi connectivity index (χ3n) is 3.28. The van der Waals surface area contributed by atoms with Gasteiger partial charge in [0.25, 0.3) is 0 Å². The van der Waals surface area contributed by atoms with Gasteiger partial charge in [0.15, 0.2) is 0 Å². The van der Waals surface area contributed by atoms with Crippen molar-refractivity contribution in [2.24, 2.45) is 0 Å². The first kappa shape index (κ1) is 14.7. The fourth-order valence-electron chi connectivity index (χ4n) is 2.26. The number of hydrogen-bond donors (Lipinski definition) is 2. The molecule has 1 aromatic heterocycles. The molecule has 106 valence electrons. The van der Waals surface area contributed by atoms with Crippen LogP contribution in [-0.4, -0.2) is 17.4 Å². The van der Waals surface area contributed by atoms with Crippen LogP contribution >= 0.6 is 11.6 Å². The molecule has 0 atom stereocenters. The first-order valence-electron chi connectivity index (χ1n) is 6.71. The molecule has 0 saturated heterocycles. The van der Waals surface area contributed by atoms with Gasteiger partial charge in [0, 0.05) is 23.0 Å². The Bertz CT molecular complexity index is 604. The van der Waals surface area contributed by atoms with Crippen LogP contribution in [-0.2, 0) is 17.6 Å². The van der Waals surface area contributed by atoms with Gasteiger partial charge in [-0.05, 0) is 43.5 Å². The zero-order valence-electron chi connectivity index (χ0n) is 11.8. The van der Waals surface area contributed by atoms with E-state index >= 15 is 0 Å². The molecular weight excluding hydrogens is 272 g/mol. The number of nitrogens with one attached hydrogen (secondary N) is 2. The van der Waals surface area contributed by atoms with Crippen molar-refractivity contribution in [3.8, 4) is 0 Å². The molecule has 2 rings (SSSR count). The topological polar surface area (TPSA) is 44.9 Å². The third kappa shape index (κ3) is 3.87. The van der Waals surface area contributed by atoms with Gasteiger partial charge >= 0.3 is 0 Å². The maximum atomic E-state index is 11.9. The molecular formula is C16H19ClN2O. The summed E-state index contributed by atoms with van der Waals surface area (Å²) in [7, 11) is 0.